The number of aryl methyl sites for hydroxylation is 1. The molecule has 3 heterocycles. The first kappa shape index (κ1) is 17.4. The van der Waals surface area contributed by atoms with Gasteiger partial charge in [0.1, 0.15) is 5.82 Å². The van der Waals surface area contributed by atoms with E-state index in [1.165, 1.54) is 49.9 Å². The van der Waals surface area contributed by atoms with Gasteiger partial charge in [0.2, 0.25) is 0 Å². The first-order valence-electron chi connectivity index (χ1n) is 10.3. The van der Waals surface area contributed by atoms with Gasteiger partial charge in [0, 0.05) is 24.1 Å². The topological polar surface area (TPSA) is 61.0 Å². The van der Waals surface area contributed by atoms with Crippen molar-refractivity contribution in [2.75, 3.05) is 18.4 Å². The largest absolute Gasteiger partial charge is 0.340 e. The Balaban J connectivity index is 1.36. The maximum Gasteiger partial charge on any atom is 0.259 e. The van der Waals surface area contributed by atoms with Crippen molar-refractivity contribution in [1.82, 2.24) is 14.9 Å². The van der Waals surface area contributed by atoms with Gasteiger partial charge in [0.05, 0.1) is 5.39 Å². The van der Waals surface area contributed by atoms with Crippen LogP contribution in [0, 0.1) is 6.92 Å². The van der Waals surface area contributed by atoms with Crippen molar-refractivity contribution in [3.8, 4) is 0 Å². The number of piperidine rings is 1. The van der Waals surface area contributed by atoms with Crippen LogP contribution >= 0.6 is 0 Å². The quantitative estimate of drug-likeness (QED) is 0.714. The number of likely N-dealkylation sites (tertiary alicyclic amines) is 1. The third-order valence-corrected chi connectivity index (χ3v) is 6.25. The summed E-state index contributed by atoms with van der Waals surface area (Å²) >= 11 is 0. The van der Waals surface area contributed by atoms with Gasteiger partial charge in [-0.1, -0.05) is 6.07 Å². The highest BCUT2D eigenvalue weighted by atomic mass is 16.1. The summed E-state index contributed by atoms with van der Waals surface area (Å²) in [5.41, 5.74) is 3.62. The van der Waals surface area contributed by atoms with Gasteiger partial charge in [-0.05, 0) is 92.4 Å². The normalized spacial score (nSPS) is 18.5. The Hall–Kier alpha value is -2.66. The number of nitrogens with one attached hydrogen (secondary N) is 2. The Morgan fingerprint density at radius 2 is 1.93 bits per heavy atom. The number of H-pyrrole nitrogens is 1. The van der Waals surface area contributed by atoms with Gasteiger partial charge in [-0.2, -0.15) is 0 Å². The zero-order valence-corrected chi connectivity index (χ0v) is 16.2. The number of aromatic nitrogens is 2. The van der Waals surface area contributed by atoms with E-state index in [0.717, 1.165) is 17.1 Å². The molecule has 144 valence electrons. The van der Waals surface area contributed by atoms with Crippen LogP contribution in [0.15, 0.2) is 47.5 Å². The summed E-state index contributed by atoms with van der Waals surface area (Å²) in [5.74, 6) is 1.26. The van der Waals surface area contributed by atoms with Crippen LogP contribution in [0.25, 0.3) is 10.8 Å². The fourth-order valence-corrected chi connectivity index (χ4v) is 4.59. The number of aromatic amines is 1. The summed E-state index contributed by atoms with van der Waals surface area (Å²) in [6.07, 6.45) is 8.71. The van der Waals surface area contributed by atoms with E-state index in [1.54, 1.807) is 12.4 Å². The van der Waals surface area contributed by atoms with Gasteiger partial charge in [-0.3, -0.25) is 4.79 Å². The summed E-state index contributed by atoms with van der Waals surface area (Å²) < 4.78 is 0. The Kier molecular flexibility index (Phi) is 4.40. The highest BCUT2D eigenvalue weighted by molar-refractivity contribution is 5.92. The first-order valence-corrected chi connectivity index (χ1v) is 10.3. The highest BCUT2D eigenvalue weighted by Crippen LogP contribution is 2.36. The summed E-state index contributed by atoms with van der Waals surface area (Å²) in [5, 5.41) is 4.83. The molecular weight excluding hydrogens is 348 g/mol. The number of pyridine rings is 2. The van der Waals surface area contributed by atoms with Gasteiger partial charge in [-0.25, -0.2) is 4.98 Å². The minimum Gasteiger partial charge on any atom is -0.340 e. The molecule has 1 saturated heterocycles. The van der Waals surface area contributed by atoms with E-state index >= 15 is 0 Å². The van der Waals surface area contributed by atoms with E-state index in [9.17, 15) is 4.79 Å². The van der Waals surface area contributed by atoms with E-state index in [0.29, 0.717) is 17.1 Å². The molecule has 5 rings (SSSR count). The summed E-state index contributed by atoms with van der Waals surface area (Å²) in [6, 6.07) is 11.2. The van der Waals surface area contributed by atoms with E-state index in [2.05, 4.69) is 45.3 Å². The molecule has 2 aromatic heterocycles. The summed E-state index contributed by atoms with van der Waals surface area (Å²) in [4.78, 5) is 22.1. The summed E-state index contributed by atoms with van der Waals surface area (Å²) in [7, 11) is 0. The second-order valence-electron chi connectivity index (χ2n) is 8.17. The van der Waals surface area contributed by atoms with Crippen LogP contribution in [0.1, 0.15) is 42.7 Å². The van der Waals surface area contributed by atoms with Gasteiger partial charge < -0.3 is 15.2 Å². The molecule has 2 aliphatic rings. The zero-order valence-electron chi connectivity index (χ0n) is 16.2. The number of hydrogen-bond donors (Lipinski definition) is 2. The summed E-state index contributed by atoms with van der Waals surface area (Å²) in [6.45, 7) is 4.66. The number of nitrogens with zero attached hydrogens (tertiary/aromatic N) is 2. The monoisotopic (exact) mass is 374 g/mol. The van der Waals surface area contributed by atoms with Crippen LogP contribution in [0.5, 0.6) is 0 Å². The molecule has 5 nitrogen and oxygen atoms in total. The van der Waals surface area contributed by atoms with E-state index in [1.807, 2.05) is 12.1 Å². The number of rotatable bonds is 4. The van der Waals surface area contributed by atoms with Crippen molar-refractivity contribution in [1.29, 1.82) is 0 Å². The predicted molar refractivity (Wildman–Crippen MR) is 113 cm³/mol. The molecule has 0 bridgehead atoms. The van der Waals surface area contributed by atoms with Crippen LogP contribution in [0.2, 0.25) is 0 Å². The molecule has 1 aliphatic heterocycles. The molecule has 28 heavy (non-hydrogen) atoms. The SMILES string of the molecule is Cc1cc(Nc2nccc3cc[nH]c(=O)c23)ccc1C1CCN(C2CC2)CC1. The minimum atomic E-state index is -0.121. The lowest BCUT2D eigenvalue weighted by molar-refractivity contribution is 0.203. The number of anilines is 2. The smallest absolute Gasteiger partial charge is 0.259 e. The lowest BCUT2D eigenvalue weighted by atomic mass is 9.86. The Morgan fingerprint density at radius 3 is 2.68 bits per heavy atom. The van der Waals surface area contributed by atoms with Gasteiger partial charge in [0.15, 0.2) is 0 Å². The van der Waals surface area contributed by atoms with Gasteiger partial charge in [0.25, 0.3) is 5.56 Å². The van der Waals surface area contributed by atoms with Crippen LogP contribution < -0.4 is 10.9 Å². The van der Waals surface area contributed by atoms with Crippen LogP contribution in [-0.4, -0.2) is 34.0 Å². The van der Waals surface area contributed by atoms with Crippen molar-refractivity contribution in [2.45, 2.75) is 44.6 Å². The molecule has 1 saturated carbocycles. The van der Waals surface area contributed by atoms with Crippen molar-refractivity contribution in [3.63, 3.8) is 0 Å². The van der Waals surface area contributed by atoms with Crippen molar-refractivity contribution >= 4 is 22.3 Å². The minimum absolute atomic E-state index is 0.121. The molecule has 0 unspecified atom stereocenters. The third-order valence-electron chi connectivity index (χ3n) is 6.25. The zero-order chi connectivity index (χ0) is 19.1. The standard InChI is InChI=1S/C23H26N4O/c1-15-14-18(26-22-21-17(6-10-24-22)7-11-25-23(21)28)2-5-20(15)16-8-12-27(13-9-16)19-3-4-19/h2,5-7,10-11,14,16,19H,3-4,8-9,12-13H2,1H3,(H,24,26)(H,25,28). The fraction of sp³-hybridized carbons (Fsp3) is 0.391. The number of hydrogen-bond acceptors (Lipinski definition) is 4. The lowest BCUT2D eigenvalue weighted by Gasteiger charge is -2.33. The molecule has 1 aromatic carbocycles. The maximum absolute atomic E-state index is 12.3. The van der Waals surface area contributed by atoms with Gasteiger partial charge >= 0.3 is 0 Å². The second kappa shape index (κ2) is 7.06. The van der Waals surface area contributed by atoms with E-state index in [4.69, 9.17) is 0 Å². The average molecular weight is 374 g/mol. The molecule has 5 heteroatoms. The second-order valence-corrected chi connectivity index (χ2v) is 8.17. The molecule has 0 atom stereocenters. The predicted octanol–water partition coefficient (Wildman–Crippen LogP) is 4.32. The molecule has 3 aromatic rings. The number of fused-ring (bicyclic) bond motifs is 1. The van der Waals surface area contributed by atoms with Crippen molar-refractivity contribution in [2.24, 2.45) is 0 Å². The molecule has 0 amide bonds. The third kappa shape index (κ3) is 3.31. The maximum atomic E-state index is 12.3. The number of benzene rings is 1. The lowest BCUT2D eigenvalue weighted by Crippen LogP contribution is -2.34. The van der Waals surface area contributed by atoms with Gasteiger partial charge in [-0.15, -0.1) is 0 Å². The Bertz CT molecular complexity index is 1060. The fourth-order valence-electron chi connectivity index (χ4n) is 4.59. The molecule has 2 N–H and O–H groups in total. The van der Waals surface area contributed by atoms with E-state index in [-0.39, 0.29) is 5.56 Å². The first-order chi connectivity index (χ1) is 13.7. The molecule has 1 aliphatic carbocycles. The molecular formula is C23H26N4O. The van der Waals surface area contributed by atoms with Crippen LogP contribution in [0.3, 0.4) is 0 Å². The van der Waals surface area contributed by atoms with Crippen molar-refractivity contribution < 1.29 is 0 Å². The Morgan fingerprint density at radius 1 is 1.11 bits per heavy atom. The van der Waals surface area contributed by atoms with Crippen LogP contribution in [0.4, 0.5) is 11.5 Å². The van der Waals surface area contributed by atoms with E-state index < -0.39 is 0 Å². The van der Waals surface area contributed by atoms with Crippen molar-refractivity contribution in [3.05, 3.63) is 64.2 Å². The highest BCUT2D eigenvalue weighted by Gasteiger charge is 2.32. The Labute approximate surface area is 164 Å². The average Bonchev–Trinajstić information content (AvgIpc) is 3.54. The molecule has 0 spiro atoms. The van der Waals surface area contributed by atoms with Crippen LogP contribution in [-0.2, 0) is 0 Å². The molecule has 0 radical (unpaired) electrons. The molecule has 2 fully saturated rings.